The predicted octanol–water partition coefficient (Wildman–Crippen LogP) is 3.47. The number of fused-ring (bicyclic) bond motifs is 1. The lowest BCUT2D eigenvalue weighted by atomic mass is 10.2. The minimum absolute atomic E-state index is 0.0867. The number of piperazine rings is 1. The molecule has 21 heavy (non-hydrogen) atoms. The number of nitrogens with zero attached hydrogens (tertiary/aromatic N) is 2. The topological polar surface area (TPSA) is 23.6 Å². The van der Waals surface area contributed by atoms with Crippen molar-refractivity contribution in [3.05, 3.63) is 33.9 Å². The van der Waals surface area contributed by atoms with E-state index in [1.165, 1.54) is 17.4 Å². The van der Waals surface area contributed by atoms with Crippen molar-refractivity contribution in [2.45, 2.75) is 6.92 Å². The first-order valence-electron chi connectivity index (χ1n) is 7.00. The second kappa shape index (κ2) is 5.91. The van der Waals surface area contributed by atoms with Gasteiger partial charge in [0.05, 0.1) is 5.02 Å². The summed E-state index contributed by atoms with van der Waals surface area (Å²) in [5, 5.41) is 0.607. The second-order valence-electron chi connectivity index (χ2n) is 5.08. The van der Waals surface area contributed by atoms with Crippen molar-refractivity contribution in [3.63, 3.8) is 0 Å². The molecule has 0 radical (unpaired) electrons. The zero-order valence-electron chi connectivity index (χ0n) is 11.7. The molecule has 0 spiro atoms. The van der Waals surface area contributed by atoms with Crippen molar-refractivity contribution in [1.82, 2.24) is 9.80 Å². The molecule has 1 aliphatic heterocycles. The Bertz CT molecular complexity index is 680. The number of thiophene rings is 1. The molecule has 3 rings (SSSR count). The summed E-state index contributed by atoms with van der Waals surface area (Å²) in [6.07, 6.45) is 0. The third kappa shape index (κ3) is 2.65. The summed E-state index contributed by atoms with van der Waals surface area (Å²) in [6, 6.07) is 4.80. The minimum atomic E-state index is -0.372. The van der Waals surface area contributed by atoms with Gasteiger partial charge < -0.3 is 9.80 Å². The van der Waals surface area contributed by atoms with E-state index >= 15 is 0 Å². The van der Waals surface area contributed by atoms with Crippen LogP contribution in [-0.4, -0.2) is 48.4 Å². The molecule has 2 heterocycles. The normalized spacial score (nSPS) is 16.6. The van der Waals surface area contributed by atoms with Gasteiger partial charge in [0.25, 0.3) is 5.91 Å². The summed E-state index contributed by atoms with van der Waals surface area (Å²) in [7, 11) is 0. The number of hydrogen-bond acceptors (Lipinski definition) is 3. The summed E-state index contributed by atoms with van der Waals surface area (Å²) in [5.74, 6) is -0.458. The van der Waals surface area contributed by atoms with Gasteiger partial charge in [0.1, 0.15) is 10.7 Å². The van der Waals surface area contributed by atoms with E-state index in [4.69, 9.17) is 11.6 Å². The number of rotatable bonds is 2. The quantitative estimate of drug-likeness (QED) is 0.843. The van der Waals surface area contributed by atoms with Crippen LogP contribution in [-0.2, 0) is 0 Å². The van der Waals surface area contributed by atoms with Crippen LogP contribution in [0.15, 0.2) is 18.2 Å². The van der Waals surface area contributed by atoms with E-state index in [0.29, 0.717) is 23.4 Å². The standard InChI is InChI=1S/C15H16ClFN2OS/c1-2-18-6-8-19(9-7-18)15(20)14-13(16)12-10(17)4-3-5-11(12)21-14/h3-5H,2,6-9H2,1H3. The van der Waals surface area contributed by atoms with Gasteiger partial charge in [-0.15, -0.1) is 11.3 Å². The Hall–Kier alpha value is -1.17. The van der Waals surface area contributed by atoms with E-state index in [9.17, 15) is 9.18 Å². The lowest BCUT2D eigenvalue weighted by molar-refractivity contribution is 0.0648. The molecule has 1 amide bonds. The lowest BCUT2D eigenvalue weighted by Gasteiger charge is -2.33. The Morgan fingerprint density at radius 3 is 2.67 bits per heavy atom. The zero-order chi connectivity index (χ0) is 15.0. The zero-order valence-corrected chi connectivity index (χ0v) is 13.3. The fourth-order valence-electron chi connectivity index (χ4n) is 2.62. The van der Waals surface area contributed by atoms with Crippen LogP contribution in [0.5, 0.6) is 0 Å². The number of carbonyl (C=O) groups excluding carboxylic acids is 1. The molecule has 0 saturated carbocycles. The van der Waals surface area contributed by atoms with Gasteiger partial charge >= 0.3 is 0 Å². The predicted molar refractivity (Wildman–Crippen MR) is 84.8 cm³/mol. The molecular weight excluding hydrogens is 311 g/mol. The van der Waals surface area contributed by atoms with Gasteiger partial charge in [-0.3, -0.25) is 4.79 Å². The highest BCUT2D eigenvalue weighted by Crippen LogP contribution is 2.37. The van der Waals surface area contributed by atoms with E-state index in [-0.39, 0.29) is 16.7 Å². The van der Waals surface area contributed by atoms with Crippen molar-refractivity contribution < 1.29 is 9.18 Å². The molecule has 0 atom stereocenters. The van der Waals surface area contributed by atoms with Crippen molar-refractivity contribution in [2.75, 3.05) is 32.7 Å². The number of halogens is 2. The molecular formula is C15H16ClFN2OS. The smallest absolute Gasteiger partial charge is 0.265 e. The molecule has 6 heteroatoms. The number of carbonyl (C=O) groups is 1. The minimum Gasteiger partial charge on any atom is -0.335 e. The molecule has 3 nitrogen and oxygen atoms in total. The fourth-order valence-corrected chi connectivity index (χ4v) is 4.14. The summed E-state index contributed by atoms with van der Waals surface area (Å²) in [5.41, 5.74) is 0. The highest BCUT2D eigenvalue weighted by Gasteiger charge is 2.26. The monoisotopic (exact) mass is 326 g/mol. The first kappa shape index (κ1) is 14.8. The maximum absolute atomic E-state index is 13.9. The van der Waals surface area contributed by atoms with Crippen LogP contribution in [0, 0.1) is 5.82 Å². The Labute approximate surface area is 131 Å². The van der Waals surface area contributed by atoms with E-state index in [2.05, 4.69) is 11.8 Å². The first-order chi connectivity index (χ1) is 10.1. The lowest BCUT2D eigenvalue weighted by Crippen LogP contribution is -2.48. The van der Waals surface area contributed by atoms with Gasteiger partial charge in [-0.2, -0.15) is 0 Å². The van der Waals surface area contributed by atoms with Crippen LogP contribution in [0.1, 0.15) is 16.6 Å². The Balaban J connectivity index is 1.89. The third-order valence-electron chi connectivity index (χ3n) is 3.91. The van der Waals surface area contributed by atoms with Gasteiger partial charge in [-0.05, 0) is 18.7 Å². The van der Waals surface area contributed by atoms with Crippen molar-refractivity contribution >= 4 is 38.9 Å². The molecule has 0 aliphatic carbocycles. The van der Waals surface area contributed by atoms with Crippen molar-refractivity contribution in [1.29, 1.82) is 0 Å². The molecule has 2 aromatic rings. The average molecular weight is 327 g/mol. The maximum Gasteiger partial charge on any atom is 0.265 e. The second-order valence-corrected chi connectivity index (χ2v) is 6.51. The number of hydrogen-bond donors (Lipinski definition) is 0. The molecule has 1 aromatic heterocycles. The average Bonchev–Trinajstić information content (AvgIpc) is 2.85. The first-order valence-corrected chi connectivity index (χ1v) is 8.19. The SMILES string of the molecule is CCN1CCN(C(=O)c2sc3cccc(F)c3c2Cl)CC1. The van der Waals surface area contributed by atoms with E-state index in [0.717, 1.165) is 24.3 Å². The number of amides is 1. The Kier molecular flexibility index (Phi) is 4.15. The van der Waals surface area contributed by atoms with Crippen LogP contribution in [0.2, 0.25) is 5.02 Å². The van der Waals surface area contributed by atoms with E-state index < -0.39 is 0 Å². The molecule has 1 fully saturated rings. The van der Waals surface area contributed by atoms with Gasteiger partial charge in [-0.25, -0.2) is 4.39 Å². The molecule has 0 unspecified atom stereocenters. The van der Waals surface area contributed by atoms with Gasteiger partial charge in [0.15, 0.2) is 0 Å². The maximum atomic E-state index is 13.9. The molecule has 1 saturated heterocycles. The van der Waals surface area contributed by atoms with Gasteiger partial charge in [0.2, 0.25) is 0 Å². The highest BCUT2D eigenvalue weighted by molar-refractivity contribution is 7.21. The third-order valence-corrected chi connectivity index (χ3v) is 5.54. The summed E-state index contributed by atoms with van der Waals surface area (Å²) < 4.78 is 14.6. The van der Waals surface area contributed by atoms with E-state index in [1.54, 1.807) is 17.0 Å². The molecule has 112 valence electrons. The van der Waals surface area contributed by atoms with Gasteiger partial charge in [0, 0.05) is 36.3 Å². The highest BCUT2D eigenvalue weighted by atomic mass is 35.5. The van der Waals surface area contributed by atoms with Crippen LogP contribution in [0.4, 0.5) is 4.39 Å². The van der Waals surface area contributed by atoms with Crippen LogP contribution < -0.4 is 0 Å². The molecule has 0 bridgehead atoms. The van der Waals surface area contributed by atoms with Crippen LogP contribution in [0.3, 0.4) is 0 Å². The molecule has 0 N–H and O–H groups in total. The van der Waals surface area contributed by atoms with Crippen molar-refractivity contribution in [3.8, 4) is 0 Å². The summed E-state index contributed by atoms with van der Waals surface area (Å²) in [4.78, 5) is 17.2. The Morgan fingerprint density at radius 2 is 2.05 bits per heavy atom. The fraction of sp³-hybridized carbons (Fsp3) is 0.400. The summed E-state index contributed by atoms with van der Waals surface area (Å²) in [6.45, 7) is 6.25. The van der Waals surface area contributed by atoms with Crippen LogP contribution in [0.25, 0.3) is 10.1 Å². The molecule has 1 aromatic carbocycles. The molecule has 1 aliphatic rings. The van der Waals surface area contributed by atoms with Crippen molar-refractivity contribution in [2.24, 2.45) is 0 Å². The number of likely N-dealkylation sites (N-methyl/N-ethyl adjacent to an activating group) is 1. The van der Waals surface area contributed by atoms with E-state index in [1.807, 2.05) is 0 Å². The van der Waals surface area contributed by atoms with Crippen LogP contribution >= 0.6 is 22.9 Å². The Morgan fingerprint density at radius 1 is 1.33 bits per heavy atom. The largest absolute Gasteiger partial charge is 0.335 e. The van der Waals surface area contributed by atoms with Gasteiger partial charge in [-0.1, -0.05) is 24.6 Å². The number of benzene rings is 1. The summed E-state index contributed by atoms with van der Waals surface area (Å²) >= 11 is 7.51.